The van der Waals surface area contributed by atoms with Crippen molar-refractivity contribution in [2.45, 2.75) is 33.1 Å². The largest absolute Gasteiger partial charge is 0.261 e. The summed E-state index contributed by atoms with van der Waals surface area (Å²) in [6.45, 7) is 8.03. The Labute approximate surface area is 311 Å². The average Bonchev–Trinajstić information content (AvgIpc) is 3.49. The Morgan fingerprint density at radius 1 is 0.396 bits per heavy atom. The van der Waals surface area contributed by atoms with E-state index < -0.39 is 5.41 Å². The predicted molar refractivity (Wildman–Crippen MR) is 216 cm³/mol. The van der Waals surface area contributed by atoms with Crippen LogP contribution in [0.5, 0.6) is 0 Å². The van der Waals surface area contributed by atoms with Gasteiger partial charge < -0.3 is 0 Å². The molecule has 0 fully saturated rings. The van der Waals surface area contributed by atoms with Crippen LogP contribution in [-0.4, -0.2) is 19.9 Å². The zero-order valence-corrected chi connectivity index (χ0v) is 30.3. The molecule has 6 aromatic carbocycles. The average molecular weight is 683 g/mol. The van der Waals surface area contributed by atoms with Gasteiger partial charge in [0.15, 0.2) is 5.82 Å². The maximum atomic E-state index is 4.77. The second-order valence-electron chi connectivity index (χ2n) is 14.0. The zero-order valence-electron chi connectivity index (χ0n) is 30.3. The first-order valence-corrected chi connectivity index (χ1v) is 18.1. The van der Waals surface area contributed by atoms with E-state index in [2.05, 4.69) is 175 Å². The molecule has 254 valence electrons. The second-order valence-corrected chi connectivity index (χ2v) is 14.0. The maximum Gasteiger partial charge on any atom is 0.163 e. The monoisotopic (exact) mass is 682 g/mol. The number of aromatic nitrogens is 4. The lowest BCUT2D eigenvalue weighted by Crippen LogP contribution is -2.28. The number of benzene rings is 6. The highest BCUT2D eigenvalue weighted by atomic mass is 15.0. The summed E-state index contributed by atoms with van der Waals surface area (Å²) in [5.41, 5.74) is 17.0. The van der Waals surface area contributed by atoms with E-state index in [9.17, 15) is 0 Å². The second kappa shape index (κ2) is 12.9. The van der Waals surface area contributed by atoms with Gasteiger partial charge in [-0.1, -0.05) is 127 Å². The zero-order chi connectivity index (χ0) is 36.1. The molecule has 0 saturated heterocycles. The first-order valence-electron chi connectivity index (χ1n) is 18.1. The summed E-state index contributed by atoms with van der Waals surface area (Å²) in [4.78, 5) is 18.7. The fraction of sp³-hybridized carbons (Fsp3) is 0.102. The molecule has 1 aliphatic carbocycles. The Hall–Kier alpha value is -6.52. The number of pyridine rings is 1. The maximum absolute atomic E-state index is 4.77. The molecule has 0 spiro atoms. The van der Waals surface area contributed by atoms with Crippen LogP contribution in [-0.2, 0) is 5.41 Å². The summed E-state index contributed by atoms with van der Waals surface area (Å²) >= 11 is 0. The summed E-state index contributed by atoms with van der Waals surface area (Å²) in [7, 11) is 0. The molecule has 0 saturated carbocycles. The molecule has 0 bridgehead atoms. The van der Waals surface area contributed by atoms with E-state index in [1.54, 1.807) is 0 Å². The van der Waals surface area contributed by atoms with Gasteiger partial charge in [-0.15, -0.1) is 0 Å². The van der Waals surface area contributed by atoms with Crippen LogP contribution < -0.4 is 0 Å². The van der Waals surface area contributed by atoms with Crippen molar-refractivity contribution < 1.29 is 0 Å². The molecule has 1 aliphatic rings. The molecule has 9 rings (SSSR count). The molecule has 0 N–H and O–H groups in total. The van der Waals surface area contributed by atoms with Gasteiger partial charge >= 0.3 is 0 Å². The minimum absolute atomic E-state index is 0.582. The molecule has 4 heteroatoms. The molecular weight excluding hydrogens is 645 g/mol. The molecule has 2 heterocycles. The third-order valence-electron chi connectivity index (χ3n) is 10.6. The van der Waals surface area contributed by atoms with Gasteiger partial charge in [-0.3, -0.25) is 4.98 Å². The molecule has 4 nitrogen and oxygen atoms in total. The van der Waals surface area contributed by atoms with Gasteiger partial charge in [0.25, 0.3) is 0 Å². The smallest absolute Gasteiger partial charge is 0.163 e. The van der Waals surface area contributed by atoms with Crippen molar-refractivity contribution in [3.63, 3.8) is 0 Å². The molecule has 8 aromatic rings. The van der Waals surface area contributed by atoms with E-state index in [1.807, 2.05) is 20.0 Å². The van der Waals surface area contributed by atoms with Gasteiger partial charge in [0, 0.05) is 23.0 Å². The summed E-state index contributed by atoms with van der Waals surface area (Å²) in [6, 6.07) is 55.5. The molecule has 0 amide bonds. The Balaban J connectivity index is 1.26. The number of fused-ring (bicyclic) bond motifs is 3. The third-order valence-corrected chi connectivity index (χ3v) is 10.6. The highest BCUT2D eigenvalue weighted by Crippen LogP contribution is 2.57. The first-order chi connectivity index (χ1) is 25.9. The van der Waals surface area contributed by atoms with Gasteiger partial charge in [-0.25, -0.2) is 15.0 Å². The van der Waals surface area contributed by atoms with Gasteiger partial charge in [0.05, 0.1) is 5.41 Å². The molecule has 0 aliphatic heterocycles. The lowest BCUT2D eigenvalue weighted by Gasteiger charge is -2.34. The number of hydrogen-bond acceptors (Lipinski definition) is 4. The summed E-state index contributed by atoms with van der Waals surface area (Å²) in [5.74, 6) is 2.12. The van der Waals surface area contributed by atoms with Crippen LogP contribution in [0, 0.1) is 27.7 Å². The van der Waals surface area contributed by atoms with Crippen molar-refractivity contribution in [3.8, 4) is 55.9 Å². The lowest BCUT2D eigenvalue weighted by molar-refractivity contribution is 0.769. The third kappa shape index (κ3) is 5.46. The molecule has 1 atom stereocenters. The van der Waals surface area contributed by atoms with E-state index in [1.165, 1.54) is 55.6 Å². The Bertz CT molecular complexity index is 2660. The van der Waals surface area contributed by atoms with E-state index in [4.69, 9.17) is 9.97 Å². The number of aryl methyl sites for hydroxylation is 4. The highest BCUT2D eigenvalue weighted by Gasteiger charge is 2.46. The minimum atomic E-state index is -0.582. The van der Waals surface area contributed by atoms with Crippen LogP contribution in [0.25, 0.3) is 55.9 Å². The van der Waals surface area contributed by atoms with Crippen LogP contribution >= 0.6 is 0 Å². The molecule has 0 radical (unpaired) electrons. The van der Waals surface area contributed by atoms with E-state index >= 15 is 0 Å². The van der Waals surface area contributed by atoms with E-state index in [0.29, 0.717) is 17.5 Å². The van der Waals surface area contributed by atoms with Crippen LogP contribution in [0.4, 0.5) is 0 Å². The molecule has 1 unspecified atom stereocenters. The van der Waals surface area contributed by atoms with Gasteiger partial charge in [-0.05, 0) is 119 Å². The summed E-state index contributed by atoms with van der Waals surface area (Å²) < 4.78 is 0. The van der Waals surface area contributed by atoms with Crippen molar-refractivity contribution in [1.82, 2.24) is 19.9 Å². The number of hydrogen-bond donors (Lipinski definition) is 0. The SMILES string of the molecule is Cc1cnc(C)c(-c2cccc(-c3ccccc3-c3cccc(C4(c5ccccc5)c5ccccc5-c5ccc(-c6nc(C)nc(C)n6)cc54)c3)c2)c1. The van der Waals surface area contributed by atoms with E-state index in [0.717, 1.165) is 27.9 Å². The lowest BCUT2D eigenvalue weighted by atomic mass is 9.67. The van der Waals surface area contributed by atoms with Crippen molar-refractivity contribution >= 4 is 0 Å². The fourth-order valence-electron chi connectivity index (χ4n) is 8.33. The standard InChI is InChI=1S/C49H38N4/c1-31-26-45(32(2)50-30-31)36-15-12-14-35(27-36)41-20-8-9-21-42(41)37-16-13-19-40(28-37)49(39-17-6-5-7-18-39)46-23-11-10-22-43(46)44-25-24-38(29-47(44)49)48-52-33(3)51-34(4)53-48/h5-30H,1-4H3. The number of nitrogens with zero attached hydrogens (tertiary/aromatic N) is 4. The highest BCUT2D eigenvalue weighted by molar-refractivity contribution is 5.90. The van der Waals surface area contributed by atoms with E-state index in [-0.39, 0.29) is 0 Å². The quantitative estimate of drug-likeness (QED) is 0.175. The van der Waals surface area contributed by atoms with Crippen molar-refractivity contribution in [3.05, 3.63) is 203 Å². The van der Waals surface area contributed by atoms with Crippen molar-refractivity contribution in [1.29, 1.82) is 0 Å². The fourth-order valence-corrected chi connectivity index (χ4v) is 8.33. The van der Waals surface area contributed by atoms with Gasteiger partial charge in [0.1, 0.15) is 11.6 Å². The predicted octanol–water partition coefficient (Wildman–Crippen LogP) is 11.5. The van der Waals surface area contributed by atoms with Crippen LogP contribution in [0.1, 0.15) is 45.2 Å². The Morgan fingerprint density at radius 2 is 0.981 bits per heavy atom. The minimum Gasteiger partial charge on any atom is -0.261 e. The summed E-state index contributed by atoms with van der Waals surface area (Å²) in [6.07, 6.45) is 1.93. The van der Waals surface area contributed by atoms with Crippen molar-refractivity contribution in [2.75, 3.05) is 0 Å². The van der Waals surface area contributed by atoms with Gasteiger partial charge in [0.2, 0.25) is 0 Å². The van der Waals surface area contributed by atoms with Crippen molar-refractivity contribution in [2.24, 2.45) is 0 Å². The number of rotatable bonds is 6. The summed E-state index contributed by atoms with van der Waals surface area (Å²) in [5, 5.41) is 0. The molecular formula is C49H38N4. The van der Waals surface area contributed by atoms with Crippen LogP contribution in [0.2, 0.25) is 0 Å². The van der Waals surface area contributed by atoms with Gasteiger partial charge in [-0.2, -0.15) is 0 Å². The normalized spacial score (nSPS) is 14.5. The molecule has 53 heavy (non-hydrogen) atoms. The molecule has 2 aromatic heterocycles. The Kier molecular flexibility index (Phi) is 7.89. The topological polar surface area (TPSA) is 51.6 Å². The van der Waals surface area contributed by atoms with Crippen LogP contribution in [0.15, 0.2) is 158 Å². The Morgan fingerprint density at radius 3 is 1.72 bits per heavy atom. The van der Waals surface area contributed by atoms with Crippen LogP contribution in [0.3, 0.4) is 0 Å². The first kappa shape index (κ1) is 32.4.